The Kier molecular flexibility index (Phi) is 8.43. The second-order valence-electron chi connectivity index (χ2n) is 11.9. The Bertz CT molecular complexity index is 1850. The molecular formula is C38H38N4O3. The lowest BCUT2D eigenvalue weighted by Crippen LogP contribution is -2.32. The summed E-state index contributed by atoms with van der Waals surface area (Å²) in [6.45, 7) is 4.31. The number of piperidine rings is 1. The van der Waals surface area contributed by atoms with E-state index in [2.05, 4.69) is 70.1 Å². The Morgan fingerprint density at radius 1 is 0.867 bits per heavy atom. The largest absolute Gasteiger partial charge is 0.487 e. The third-order valence-electron chi connectivity index (χ3n) is 9.08. The van der Waals surface area contributed by atoms with Crippen molar-refractivity contribution in [3.8, 4) is 5.75 Å². The minimum absolute atomic E-state index is 0.334. The third kappa shape index (κ3) is 6.26. The minimum atomic E-state index is -0.334. The molecule has 7 rings (SSSR count). The molecule has 0 amide bonds. The van der Waals surface area contributed by atoms with E-state index in [9.17, 15) is 4.79 Å². The summed E-state index contributed by atoms with van der Waals surface area (Å²) in [5.41, 5.74) is 8.97. The maximum atomic E-state index is 12.5. The number of pyridine rings is 1. The molecule has 1 fully saturated rings. The van der Waals surface area contributed by atoms with Crippen molar-refractivity contribution >= 4 is 22.4 Å². The Labute approximate surface area is 264 Å². The van der Waals surface area contributed by atoms with Gasteiger partial charge in [0, 0.05) is 30.6 Å². The van der Waals surface area contributed by atoms with Gasteiger partial charge in [-0.1, -0.05) is 66.2 Å². The van der Waals surface area contributed by atoms with Crippen molar-refractivity contribution in [3.05, 3.63) is 131 Å². The topological polar surface area (TPSA) is 69.5 Å². The van der Waals surface area contributed by atoms with Crippen LogP contribution in [0.15, 0.2) is 96.7 Å². The molecule has 0 radical (unpaired) electrons. The minimum Gasteiger partial charge on any atom is -0.487 e. The number of carbonyl (C=O) groups is 1. The molecule has 0 saturated carbocycles. The molecule has 0 unspecified atom stereocenters. The number of ether oxygens (including phenoxy) is 2. The molecule has 7 heteroatoms. The number of aryl methyl sites for hydroxylation is 2. The maximum Gasteiger partial charge on any atom is 0.356 e. The number of esters is 1. The highest BCUT2D eigenvalue weighted by atomic mass is 16.5. The summed E-state index contributed by atoms with van der Waals surface area (Å²) in [6.07, 6.45) is 6.69. The fourth-order valence-electron chi connectivity index (χ4n) is 6.65. The summed E-state index contributed by atoms with van der Waals surface area (Å²) in [7, 11) is 1.43. The summed E-state index contributed by atoms with van der Waals surface area (Å²) in [5, 5.41) is 1.14. The highest BCUT2D eigenvalue weighted by Crippen LogP contribution is 2.36. The van der Waals surface area contributed by atoms with Crippen LogP contribution in [0.4, 0.5) is 0 Å². The molecule has 0 spiro atoms. The fraction of sp³-hybridized carbons (Fsp3) is 0.289. The van der Waals surface area contributed by atoms with Crippen LogP contribution in [0.1, 0.15) is 58.0 Å². The number of imidazole rings is 1. The Balaban J connectivity index is 0.947. The number of hydrogen-bond donors (Lipinski definition) is 0. The number of benzene rings is 3. The van der Waals surface area contributed by atoms with Crippen LogP contribution in [0.25, 0.3) is 16.5 Å². The van der Waals surface area contributed by atoms with E-state index in [4.69, 9.17) is 19.4 Å². The molecule has 2 aliphatic heterocycles. The molecule has 3 aromatic carbocycles. The molecule has 0 bridgehead atoms. The summed E-state index contributed by atoms with van der Waals surface area (Å²) in [4.78, 5) is 24.5. The number of likely N-dealkylation sites (tertiary alicyclic amines) is 1. The van der Waals surface area contributed by atoms with E-state index in [1.807, 2.05) is 24.3 Å². The van der Waals surface area contributed by atoms with Gasteiger partial charge in [-0.15, -0.1) is 0 Å². The quantitative estimate of drug-likeness (QED) is 0.181. The summed E-state index contributed by atoms with van der Waals surface area (Å²) in [6, 6.07) is 29.4. The van der Waals surface area contributed by atoms with Crippen LogP contribution in [0.5, 0.6) is 5.75 Å². The normalized spacial score (nSPS) is 15.0. The van der Waals surface area contributed by atoms with Gasteiger partial charge in [0.2, 0.25) is 0 Å². The second kappa shape index (κ2) is 13.1. The summed E-state index contributed by atoms with van der Waals surface area (Å²) >= 11 is 0. The second-order valence-corrected chi connectivity index (χ2v) is 11.9. The number of fused-ring (bicyclic) bond motifs is 3. The molecule has 7 nitrogen and oxygen atoms in total. The van der Waals surface area contributed by atoms with Gasteiger partial charge in [-0.2, -0.15) is 0 Å². The lowest BCUT2D eigenvalue weighted by Gasteiger charge is -2.30. The molecule has 45 heavy (non-hydrogen) atoms. The van der Waals surface area contributed by atoms with Crippen molar-refractivity contribution in [1.82, 2.24) is 19.4 Å². The van der Waals surface area contributed by atoms with Crippen LogP contribution in [0.2, 0.25) is 0 Å². The van der Waals surface area contributed by atoms with Crippen molar-refractivity contribution in [2.24, 2.45) is 0 Å². The molecule has 0 N–H and O–H groups in total. The first-order chi connectivity index (χ1) is 22.2. The molecule has 2 aliphatic rings. The van der Waals surface area contributed by atoms with E-state index in [1.54, 1.807) is 6.20 Å². The van der Waals surface area contributed by atoms with Gasteiger partial charge in [0.1, 0.15) is 23.9 Å². The van der Waals surface area contributed by atoms with Crippen molar-refractivity contribution in [3.63, 3.8) is 0 Å². The first kappa shape index (κ1) is 29.0. The van der Waals surface area contributed by atoms with Crippen LogP contribution >= 0.6 is 0 Å². The number of para-hydroxylation sites is 1. The lowest BCUT2D eigenvalue weighted by atomic mass is 9.90. The molecule has 0 aliphatic carbocycles. The number of aromatic nitrogens is 3. The molecule has 4 heterocycles. The van der Waals surface area contributed by atoms with Gasteiger partial charge >= 0.3 is 5.97 Å². The zero-order valence-electron chi connectivity index (χ0n) is 25.7. The predicted octanol–water partition coefficient (Wildman–Crippen LogP) is 6.88. The van der Waals surface area contributed by atoms with Crippen LogP contribution in [-0.4, -0.2) is 52.1 Å². The zero-order valence-corrected chi connectivity index (χ0v) is 25.7. The van der Waals surface area contributed by atoms with Crippen LogP contribution in [-0.2, 0) is 30.7 Å². The van der Waals surface area contributed by atoms with Gasteiger partial charge in [0.25, 0.3) is 0 Å². The fourth-order valence-corrected chi connectivity index (χ4v) is 6.65. The Hall–Kier alpha value is -4.75. The lowest BCUT2D eigenvalue weighted by molar-refractivity contribution is 0.0588. The molecular weight excluding hydrogens is 560 g/mol. The number of hydrogen-bond acceptors (Lipinski definition) is 6. The molecule has 2 aromatic heterocycles. The first-order valence-corrected chi connectivity index (χ1v) is 15.9. The average molecular weight is 599 g/mol. The Morgan fingerprint density at radius 2 is 1.67 bits per heavy atom. The molecule has 1 saturated heterocycles. The van der Waals surface area contributed by atoms with Crippen LogP contribution < -0.4 is 4.74 Å². The monoisotopic (exact) mass is 598 g/mol. The van der Waals surface area contributed by atoms with Crippen molar-refractivity contribution in [2.45, 2.75) is 45.3 Å². The Morgan fingerprint density at radius 3 is 2.51 bits per heavy atom. The number of methoxy groups -OCH3 is 1. The summed E-state index contributed by atoms with van der Waals surface area (Å²) in [5.74, 6) is 1.42. The molecule has 5 aromatic rings. The smallest absolute Gasteiger partial charge is 0.356 e. The summed E-state index contributed by atoms with van der Waals surface area (Å²) < 4.78 is 13.1. The van der Waals surface area contributed by atoms with E-state index in [1.165, 1.54) is 34.9 Å². The molecule has 228 valence electrons. The van der Waals surface area contributed by atoms with Crippen molar-refractivity contribution in [1.29, 1.82) is 0 Å². The van der Waals surface area contributed by atoms with Crippen molar-refractivity contribution < 1.29 is 14.3 Å². The number of nitrogens with zero attached hydrogens (tertiary/aromatic N) is 4. The van der Waals surface area contributed by atoms with Gasteiger partial charge in [-0.25, -0.2) is 14.8 Å². The number of rotatable bonds is 8. The van der Waals surface area contributed by atoms with Gasteiger partial charge in [0.05, 0.1) is 24.5 Å². The van der Waals surface area contributed by atoms with E-state index in [-0.39, 0.29) is 5.97 Å². The van der Waals surface area contributed by atoms with Crippen molar-refractivity contribution in [2.75, 3.05) is 26.7 Å². The van der Waals surface area contributed by atoms with E-state index >= 15 is 0 Å². The SMILES string of the molecule is COC(=O)c1cnc2n1CCc1ccccc1C2=C1CCN(CCCc2ccc(OCc3ccc4ccccc4n3)cc2)CC1. The van der Waals surface area contributed by atoms with Gasteiger partial charge in [-0.05, 0) is 79.6 Å². The van der Waals surface area contributed by atoms with E-state index < -0.39 is 0 Å². The highest BCUT2D eigenvalue weighted by Gasteiger charge is 2.28. The van der Waals surface area contributed by atoms with Gasteiger partial charge in [-0.3, -0.25) is 0 Å². The zero-order chi connectivity index (χ0) is 30.6. The van der Waals surface area contributed by atoms with Crippen LogP contribution in [0, 0.1) is 0 Å². The average Bonchev–Trinajstić information content (AvgIpc) is 3.43. The third-order valence-corrected chi connectivity index (χ3v) is 9.08. The number of carbonyl (C=O) groups excluding carboxylic acids is 1. The first-order valence-electron chi connectivity index (χ1n) is 15.9. The predicted molar refractivity (Wildman–Crippen MR) is 176 cm³/mol. The van der Waals surface area contributed by atoms with Gasteiger partial charge in [0.15, 0.2) is 0 Å². The highest BCUT2D eigenvalue weighted by molar-refractivity contribution is 5.90. The van der Waals surface area contributed by atoms with E-state index in [0.717, 1.165) is 79.9 Å². The molecule has 0 atom stereocenters. The van der Waals surface area contributed by atoms with Gasteiger partial charge < -0.3 is 18.9 Å². The standard InChI is InChI=1S/C38H38N4O3/c1-44-38(43)35-25-39-37-36(33-10-4-2-8-28(33)20-24-42(35)37)30-18-22-41(23-19-30)21-6-7-27-12-16-32(17-13-27)45-26-31-15-14-29-9-3-5-11-34(29)40-31/h2-5,8-17,25H,6-7,18-24,26H2,1H3. The maximum absolute atomic E-state index is 12.5. The van der Waals surface area contributed by atoms with Crippen LogP contribution in [0.3, 0.4) is 0 Å². The van der Waals surface area contributed by atoms with E-state index in [0.29, 0.717) is 18.8 Å².